The highest BCUT2D eigenvalue weighted by molar-refractivity contribution is 5.42. The topological polar surface area (TPSA) is 30.5 Å². The Kier molecular flexibility index (Phi) is 6.34. The lowest BCUT2D eigenvalue weighted by Crippen LogP contribution is -2.21. The molecule has 20 heavy (non-hydrogen) atoms. The van der Waals surface area contributed by atoms with Gasteiger partial charge in [0, 0.05) is 12.6 Å². The first-order valence-electron chi connectivity index (χ1n) is 7.35. The number of methoxy groups -OCH3 is 1. The number of nitrogens with one attached hydrogen (secondary N) is 1. The van der Waals surface area contributed by atoms with Crippen LogP contribution in [-0.2, 0) is 6.54 Å². The van der Waals surface area contributed by atoms with Gasteiger partial charge in [-0.05, 0) is 29.5 Å². The first kappa shape index (κ1) is 16.8. The van der Waals surface area contributed by atoms with E-state index in [0.717, 1.165) is 24.5 Å². The standard InChI is InChI=1S/C17H29NO2/c1-13(2)18-12-14-7-8-15(16(11-14)19-6)20-10-9-17(3,4)5/h7-8,11,13,18H,9-10,12H2,1-6H3. The van der Waals surface area contributed by atoms with Crippen molar-refractivity contribution in [3.05, 3.63) is 23.8 Å². The van der Waals surface area contributed by atoms with E-state index < -0.39 is 0 Å². The van der Waals surface area contributed by atoms with Crippen molar-refractivity contribution in [3.63, 3.8) is 0 Å². The first-order valence-corrected chi connectivity index (χ1v) is 7.35. The van der Waals surface area contributed by atoms with Gasteiger partial charge in [0.05, 0.1) is 13.7 Å². The van der Waals surface area contributed by atoms with Crippen LogP contribution in [0.4, 0.5) is 0 Å². The minimum absolute atomic E-state index is 0.286. The third-order valence-electron chi connectivity index (χ3n) is 3.05. The number of hydrogen-bond donors (Lipinski definition) is 1. The first-order chi connectivity index (χ1) is 9.31. The molecule has 3 heteroatoms. The van der Waals surface area contributed by atoms with Crippen LogP contribution in [0.25, 0.3) is 0 Å². The fraction of sp³-hybridized carbons (Fsp3) is 0.647. The van der Waals surface area contributed by atoms with Crippen molar-refractivity contribution in [2.75, 3.05) is 13.7 Å². The van der Waals surface area contributed by atoms with E-state index in [1.54, 1.807) is 7.11 Å². The Hall–Kier alpha value is -1.22. The molecule has 0 unspecified atom stereocenters. The summed E-state index contributed by atoms with van der Waals surface area (Å²) in [5.74, 6) is 1.63. The highest BCUT2D eigenvalue weighted by Crippen LogP contribution is 2.29. The van der Waals surface area contributed by atoms with Gasteiger partial charge in [0.2, 0.25) is 0 Å². The third-order valence-corrected chi connectivity index (χ3v) is 3.05. The number of hydrogen-bond acceptors (Lipinski definition) is 3. The second-order valence-corrected chi connectivity index (χ2v) is 6.68. The van der Waals surface area contributed by atoms with Crippen molar-refractivity contribution in [2.45, 2.75) is 53.6 Å². The Balaban J connectivity index is 2.63. The molecule has 0 saturated heterocycles. The van der Waals surface area contributed by atoms with Crippen LogP contribution in [0, 0.1) is 5.41 Å². The Morgan fingerprint density at radius 3 is 2.40 bits per heavy atom. The Labute approximate surface area is 123 Å². The normalized spacial score (nSPS) is 11.8. The lowest BCUT2D eigenvalue weighted by Gasteiger charge is -2.19. The van der Waals surface area contributed by atoms with Crippen molar-refractivity contribution in [2.24, 2.45) is 5.41 Å². The van der Waals surface area contributed by atoms with Crippen LogP contribution in [-0.4, -0.2) is 19.8 Å². The summed E-state index contributed by atoms with van der Waals surface area (Å²) in [6, 6.07) is 6.61. The maximum atomic E-state index is 5.84. The zero-order valence-corrected chi connectivity index (χ0v) is 13.7. The lowest BCUT2D eigenvalue weighted by molar-refractivity contribution is 0.234. The van der Waals surface area contributed by atoms with E-state index in [1.165, 1.54) is 5.56 Å². The lowest BCUT2D eigenvalue weighted by atomic mass is 9.93. The van der Waals surface area contributed by atoms with Crippen LogP contribution >= 0.6 is 0 Å². The van der Waals surface area contributed by atoms with Gasteiger partial charge in [-0.3, -0.25) is 0 Å². The van der Waals surface area contributed by atoms with Gasteiger partial charge in [-0.25, -0.2) is 0 Å². The van der Waals surface area contributed by atoms with Crippen LogP contribution in [0.5, 0.6) is 11.5 Å². The van der Waals surface area contributed by atoms with Gasteiger partial charge in [-0.2, -0.15) is 0 Å². The molecule has 114 valence electrons. The molecule has 0 spiro atoms. The molecule has 0 aliphatic rings. The summed E-state index contributed by atoms with van der Waals surface area (Å²) < 4.78 is 11.3. The molecule has 1 aromatic carbocycles. The van der Waals surface area contributed by atoms with Crippen LogP contribution in [0.15, 0.2) is 18.2 Å². The molecule has 0 fully saturated rings. The molecular formula is C17H29NO2. The van der Waals surface area contributed by atoms with E-state index in [-0.39, 0.29) is 5.41 Å². The molecule has 1 aromatic rings. The summed E-state index contributed by atoms with van der Waals surface area (Å²) in [5, 5.41) is 3.40. The summed E-state index contributed by atoms with van der Waals surface area (Å²) >= 11 is 0. The van der Waals surface area contributed by atoms with Gasteiger partial charge in [0.1, 0.15) is 0 Å². The molecule has 1 rings (SSSR count). The minimum atomic E-state index is 0.286. The average Bonchev–Trinajstić information content (AvgIpc) is 2.35. The van der Waals surface area contributed by atoms with E-state index in [4.69, 9.17) is 9.47 Å². The average molecular weight is 279 g/mol. The predicted molar refractivity (Wildman–Crippen MR) is 84.5 cm³/mol. The van der Waals surface area contributed by atoms with E-state index in [1.807, 2.05) is 12.1 Å². The molecule has 0 aliphatic carbocycles. The van der Waals surface area contributed by atoms with Gasteiger partial charge in [-0.15, -0.1) is 0 Å². The van der Waals surface area contributed by atoms with Crippen molar-refractivity contribution >= 4 is 0 Å². The molecular weight excluding hydrogens is 250 g/mol. The highest BCUT2D eigenvalue weighted by atomic mass is 16.5. The Morgan fingerprint density at radius 2 is 1.85 bits per heavy atom. The fourth-order valence-corrected chi connectivity index (χ4v) is 1.73. The van der Waals surface area contributed by atoms with E-state index in [2.05, 4.69) is 46.0 Å². The van der Waals surface area contributed by atoms with E-state index in [9.17, 15) is 0 Å². The summed E-state index contributed by atoms with van der Waals surface area (Å²) in [5.41, 5.74) is 1.49. The maximum Gasteiger partial charge on any atom is 0.161 e. The second kappa shape index (κ2) is 7.53. The largest absolute Gasteiger partial charge is 0.493 e. The summed E-state index contributed by atoms with van der Waals surface area (Å²) in [7, 11) is 1.69. The van der Waals surface area contributed by atoms with Gasteiger partial charge in [-0.1, -0.05) is 40.7 Å². The summed E-state index contributed by atoms with van der Waals surface area (Å²) in [4.78, 5) is 0. The third kappa shape index (κ3) is 6.29. The molecule has 3 nitrogen and oxygen atoms in total. The van der Waals surface area contributed by atoms with E-state index >= 15 is 0 Å². The van der Waals surface area contributed by atoms with Crippen LogP contribution in [0.2, 0.25) is 0 Å². The SMILES string of the molecule is COc1cc(CNC(C)C)ccc1OCCC(C)(C)C. The van der Waals surface area contributed by atoms with Crippen molar-refractivity contribution in [1.82, 2.24) is 5.32 Å². The summed E-state index contributed by atoms with van der Waals surface area (Å²) in [6.45, 7) is 12.5. The summed E-state index contributed by atoms with van der Waals surface area (Å²) in [6.07, 6.45) is 1.02. The van der Waals surface area contributed by atoms with Gasteiger partial charge in [0.15, 0.2) is 11.5 Å². The predicted octanol–water partition coefficient (Wildman–Crippen LogP) is 4.01. The number of rotatable bonds is 7. The van der Waals surface area contributed by atoms with Crippen LogP contribution in [0.3, 0.4) is 0 Å². The Bertz CT molecular complexity index is 408. The molecule has 0 saturated carbocycles. The monoisotopic (exact) mass is 279 g/mol. The second-order valence-electron chi connectivity index (χ2n) is 6.68. The molecule has 0 amide bonds. The maximum absolute atomic E-state index is 5.84. The Morgan fingerprint density at radius 1 is 1.15 bits per heavy atom. The number of ether oxygens (including phenoxy) is 2. The van der Waals surface area contributed by atoms with E-state index in [0.29, 0.717) is 12.6 Å². The molecule has 0 atom stereocenters. The molecule has 1 N–H and O–H groups in total. The zero-order chi connectivity index (χ0) is 15.2. The minimum Gasteiger partial charge on any atom is -0.493 e. The molecule has 0 heterocycles. The zero-order valence-electron chi connectivity index (χ0n) is 13.7. The molecule has 0 aliphatic heterocycles. The fourth-order valence-electron chi connectivity index (χ4n) is 1.73. The molecule has 0 aromatic heterocycles. The van der Waals surface area contributed by atoms with Crippen LogP contribution < -0.4 is 14.8 Å². The smallest absolute Gasteiger partial charge is 0.161 e. The highest BCUT2D eigenvalue weighted by Gasteiger charge is 2.11. The van der Waals surface area contributed by atoms with Crippen molar-refractivity contribution < 1.29 is 9.47 Å². The van der Waals surface area contributed by atoms with Crippen LogP contribution in [0.1, 0.15) is 46.6 Å². The molecule has 0 bridgehead atoms. The van der Waals surface area contributed by atoms with Gasteiger partial charge >= 0.3 is 0 Å². The van der Waals surface area contributed by atoms with Crippen molar-refractivity contribution in [3.8, 4) is 11.5 Å². The molecule has 0 radical (unpaired) electrons. The quantitative estimate of drug-likeness (QED) is 0.818. The van der Waals surface area contributed by atoms with Crippen molar-refractivity contribution in [1.29, 1.82) is 0 Å². The number of benzene rings is 1. The van der Waals surface area contributed by atoms with Gasteiger partial charge in [0.25, 0.3) is 0 Å². The van der Waals surface area contributed by atoms with Gasteiger partial charge < -0.3 is 14.8 Å².